The minimum atomic E-state index is -0.445. The molecule has 0 saturated carbocycles. The third kappa shape index (κ3) is 2.15. The van der Waals surface area contributed by atoms with E-state index in [0.717, 1.165) is 11.1 Å². The van der Waals surface area contributed by atoms with Crippen LogP contribution < -0.4 is 0 Å². The number of benzene rings is 1. The number of aryl methyl sites for hydroxylation is 1. The van der Waals surface area contributed by atoms with Gasteiger partial charge >= 0.3 is 0 Å². The molecule has 0 unspecified atom stereocenters. The largest absolute Gasteiger partial charge is 0.453 e. The molecule has 0 aliphatic carbocycles. The van der Waals surface area contributed by atoms with Crippen molar-refractivity contribution in [2.24, 2.45) is 0 Å². The van der Waals surface area contributed by atoms with Crippen LogP contribution in [-0.4, -0.2) is 10.7 Å². The number of rotatable bonds is 3. The molecule has 0 N–H and O–H groups in total. The van der Waals surface area contributed by atoms with Gasteiger partial charge in [-0.05, 0) is 30.7 Å². The van der Waals surface area contributed by atoms with Gasteiger partial charge in [-0.25, -0.2) is 0 Å². The van der Waals surface area contributed by atoms with Crippen molar-refractivity contribution in [1.82, 2.24) is 0 Å². The summed E-state index contributed by atoms with van der Waals surface area (Å²) in [7, 11) is 0. The van der Waals surface area contributed by atoms with Gasteiger partial charge in [0.05, 0.1) is 4.92 Å². The molecule has 18 heavy (non-hydrogen) atoms. The number of furan rings is 1. The molecule has 0 fully saturated rings. The molecule has 0 amide bonds. The lowest BCUT2D eigenvalue weighted by Gasteiger charge is -2.02. The summed E-state index contributed by atoms with van der Waals surface area (Å²) in [5.74, 6) is 0.663. The maximum Gasteiger partial charge on any atom is 0.269 e. The number of ketones is 1. The number of carbonyl (C=O) groups is 1. The average Bonchev–Trinajstić information content (AvgIpc) is 2.78. The van der Waals surface area contributed by atoms with Gasteiger partial charge in [-0.3, -0.25) is 14.9 Å². The fraction of sp³-hybridized carbons (Fsp3) is 0.154. The van der Waals surface area contributed by atoms with Crippen LogP contribution in [0.15, 0.2) is 34.7 Å². The van der Waals surface area contributed by atoms with Gasteiger partial charge in [0.25, 0.3) is 5.69 Å². The second-order valence-corrected chi connectivity index (χ2v) is 3.98. The molecule has 1 aromatic carbocycles. The van der Waals surface area contributed by atoms with Crippen molar-refractivity contribution in [2.45, 2.75) is 13.8 Å². The van der Waals surface area contributed by atoms with E-state index in [1.165, 1.54) is 19.1 Å². The summed E-state index contributed by atoms with van der Waals surface area (Å²) < 4.78 is 5.39. The van der Waals surface area contributed by atoms with Crippen LogP contribution in [0.3, 0.4) is 0 Å². The lowest BCUT2D eigenvalue weighted by molar-refractivity contribution is -0.384. The zero-order chi connectivity index (χ0) is 13.3. The zero-order valence-corrected chi connectivity index (χ0v) is 9.97. The Morgan fingerprint density at radius 3 is 2.50 bits per heavy atom. The van der Waals surface area contributed by atoms with E-state index in [9.17, 15) is 14.9 Å². The SMILES string of the molecule is CC(=O)c1ccc(-c2ccc([N+](=O)[O-])cc2C)o1. The summed E-state index contributed by atoms with van der Waals surface area (Å²) in [6, 6.07) is 7.79. The highest BCUT2D eigenvalue weighted by atomic mass is 16.6. The molecule has 0 spiro atoms. The smallest absolute Gasteiger partial charge is 0.269 e. The summed E-state index contributed by atoms with van der Waals surface area (Å²) in [6.07, 6.45) is 0. The Labute approximate surface area is 103 Å². The number of Topliss-reactive ketones (excluding diaryl/α,β-unsaturated/α-hetero) is 1. The van der Waals surface area contributed by atoms with Crippen molar-refractivity contribution in [1.29, 1.82) is 0 Å². The van der Waals surface area contributed by atoms with E-state index in [1.807, 2.05) is 0 Å². The van der Waals surface area contributed by atoms with Gasteiger partial charge in [0.2, 0.25) is 0 Å². The third-order valence-electron chi connectivity index (χ3n) is 2.64. The van der Waals surface area contributed by atoms with Crippen molar-refractivity contribution in [3.8, 4) is 11.3 Å². The number of non-ortho nitro benzene ring substituents is 1. The summed E-state index contributed by atoms with van der Waals surface area (Å²) in [4.78, 5) is 21.3. The minimum Gasteiger partial charge on any atom is -0.453 e. The van der Waals surface area contributed by atoms with E-state index in [4.69, 9.17) is 4.42 Å². The minimum absolute atomic E-state index is 0.0367. The monoisotopic (exact) mass is 245 g/mol. The van der Waals surface area contributed by atoms with Gasteiger partial charge in [-0.15, -0.1) is 0 Å². The fourth-order valence-electron chi connectivity index (χ4n) is 1.71. The molecule has 0 atom stereocenters. The third-order valence-corrected chi connectivity index (χ3v) is 2.64. The summed E-state index contributed by atoms with van der Waals surface area (Å²) in [6.45, 7) is 3.18. The highest BCUT2D eigenvalue weighted by Crippen LogP contribution is 2.28. The van der Waals surface area contributed by atoms with Crippen LogP contribution >= 0.6 is 0 Å². The Hall–Kier alpha value is -2.43. The fourth-order valence-corrected chi connectivity index (χ4v) is 1.71. The van der Waals surface area contributed by atoms with Crippen molar-refractivity contribution in [3.05, 3.63) is 51.8 Å². The summed E-state index contributed by atoms with van der Waals surface area (Å²) in [5, 5.41) is 10.6. The van der Waals surface area contributed by atoms with Crippen LogP contribution in [0, 0.1) is 17.0 Å². The van der Waals surface area contributed by atoms with E-state index < -0.39 is 4.92 Å². The summed E-state index contributed by atoms with van der Waals surface area (Å²) >= 11 is 0. The average molecular weight is 245 g/mol. The molecule has 1 aromatic heterocycles. The predicted molar refractivity (Wildman–Crippen MR) is 65.5 cm³/mol. The molecule has 0 aliphatic heterocycles. The van der Waals surface area contributed by atoms with Gasteiger partial charge in [0.15, 0.2) is 11.5 Å². The topological polar surface area (TPSA) is 73.3 Å². The van der Waals surface area contributed by atoms with Gasteiger partial charge in [0, 0.05) is 24.6 Å². The maximum absolute atomic E-state index is 11.1. The van der Waals surface area contributed by atoms with E-state index in [1.54, 1.807) is 25.1 Å². The van der Waals surface area contributed by atoms with Gasteiger partial charge in [-0.1, -0.05) is 0 Å². The highest BCUT2D eigenvalue weighted by molar-refractivity contribution is 5.91. The predicted octanol–water partition coefficient (Wildman–Crippen LogP) is 3.37. The first kappa shape index (κ1) is 12.0. The first-order valence-corrected chi connectivity index (χ1v) is 5.35. The molecule has 2 aromatic rings. The second kappa shape index (κ2) is 4.44. The van der Waals surface area contributed by atoms with Crippen LogP contribution in [0.5, 0.6) is 0 Å². The zero-order valence-electron chi connectivity index (χ0n) is 9.97. The van der Waals surface area contributed by atoms with Crippen LogP contribution in [-0.2, 0) is 0 Å². The van der Waals surface area contributed by atoms with Crippen molar-refractivity contribution < 1.29 is 14.1 Å². The summed E-state index contributed by atoms with van der Waals surface area (Å²) in [5.41, 5.74) is 1.51. The first-order valence-electron chi connectivity index (χ1n) is 5.35. The van der Waals surface area contributed by atoms with Crippen LogP contribution in [0.25, 0.3) is 11.3 Å². The number of hydrogen-bond acceptors (Lipinski definition) is 4. The molecule has 5 nitrogen and oxygen atoms in total. The van der Waals surface area contributed by atoms with Crippen molar-refractivity contribution in [3.63, 3.8) is 0 Å². The number of nitro groups is 1. The molecule has 92 valence electrons. The maximum atomic E-state index is 11.1. The quantitative estimate of drug-likeness (QED) is 0.472. The van der Waals surface area contributed by atoms with Crippen LogP contribution in [0.4, 0.5) is 5.69 Å². The number of nitro benzene ring substituents is 1. The second-order valence-electron chi connectivity index (χ2n) is 3.98. The number of carbonyl (C=O) groups excluding carboxylic acids is 1. The van der Waals surface area contributed by atoms with Crippen molar-refractivity contribution in [2.75, 3.05) is 0 Å². The number of hydrogen-bond donors (Lipinski definition) is 0. The van der Waals surface area contributed by atoms with E-state index in [2.05, 4.69) is 0 Å². The van der Waals surface area contributed by atoms with Crippen LogP contribution in [0.2, 0.25) is 0 Å². The lowest BCUT2D eigenvalue weighted by atomic mass is 10.1. The molecule has 0 saturated heterocycles. The van der Waals surface area contributed by atoms with E-state index in [0.29, 0.717) is 5.76 Å². The number of nitrogens with zero attached hydrogens (tertiary/aromatic N) is 1. The first-order chi connectivity index (χ1) is 8.49. The molecule has 1 heterocycles. The van der Waals surface area contributed by atoms with Gasteiger partial charge in [0.1, 0.15) is 5.76 Å². The van der Waals surface area contributed by atoms with E-state index in [-0.39, 0.29) is 17.2 Å². The Kier molecular flexibility index (Phi) is 2.97. The standard InChI is InChI=1S/C13H11NO4/c1-8-7-10(14(16)17)3-4-11(8)13-6-5-12(18-13)9(2)15/h3-7H,1-2H3. The normalized spacial score (nSPS) is 10.3. The highest BCUT2D eigenvalue weighted by Gasteiger charge is 2.13. The Morgan fingerprint density at radius 1 is 1.28 bits per heavy atom. The van der Waals surface area contributed by atoms with Gasteiger partial charge < -0.3 is 4.42 Å². The molecule has 0 aliphatic rings. The Balaban J connectivity index is 2.44. The molecule has 5 heteroatoms. The molecular weight excluding hydrogens is 234 g/mol. The lowest BCUT2D eigenvalue weighted by Crippen LogP contribution is -1.90. The molecular formula is C13H11NO4. The Bertz CT molecular complexity index is 628. The van der Waals surface area contributed by atoms with Crippen molar-refractivity contribution >= 4 is 11.5 Å². The molecule has 0 radical (unpaired) electrons. The van der Waals surface area contributed by atoms with E-state index >= 15 is 0 Å². The Morgan fingerprint density at radius 2 is 2.00 bits per heavy atom. The molecule has 2 rings (SSSR count). The van der Waals surface area contributed by atoms with Gasteiger partial charge in [-0.2, -0.15) is 0 Å². The van der Waals surface area contributed by atoms with Crippen LogP contribution in [0.1, 0.15) is 23.0 Å². The molecule has 0 bridgehead atoms.